The van der Waals surface area contributed by atoms with Crippen molar-refractivity contribution in [1.82, 2.24) is 9.97 Å². The Balaban J connectivity index is 2.18. The van der Waals surface area contributed by atoms with Crippen LogP contribution in [-0.2, 0) is 0 Å². The Kier molecular flexibility index (Phi) is 2.75. The molecule has 2 rings (SSSR count). The molecule has 1 aromatic rings. The smallest absolute Gasteiger partial charge is 0.268 e. The van der Waals surface area contributed by atoms with E-state index in [4.69, 9.17) is 0 Å². The maximum atomic E-state index is 12.6. The molecule has 1 aliphatic rings. The van der Waals surface area contributed by atoms with Gasteiger partial charge in [0, 0.05) is 24.7 Å². The highest BCUT2D eigenvalue weighted by Crippen LogP contribution is 2.31. The number of aliphatic hydroxyl groups is 1. The highest BCUT2D eigenvalue weighted by molar-refractivity contribution is 5.46. The van der Waals surface area contributed by atoms with Crippen molar-refractivity contribution >= 4 is 5.82 Å². The molecular weight excluding hydrogens is 216 g/mol. The highest BCUT2D eigenvalue weighted by atomic mass is 19.3. The SMILES string of the molecule is Cc1cncnc1N1CCC(O)(C(F)F)C1. The van der Waals surface area contributed by atoms with Crippen molar-refractivity contribution in [2.45, 2.75) is 25.4 Å². The van der Waals surface area contributed by atoms with E-state index in [1.807, 2.05) is 6.92 Å². The Bertz CT molecular complexity index is 388. The highest BCUT2D eigenvalue weighted by Gasteiger charge is 2.44. The van der Waals surface area contributed by atoms with Crippen LogP contribution < -0.4 is 4.90 Å². The van der Waals surface area contributed by atoms with Crippen LogP contribution in [0.1, 0.15) is 12.0 Å². The molecule has 88 valence electrons. The van der Waals surface area contributed by atoms with E-state index in [9.17, 15) is 13.9 Å². The van der Waals surface area contributed by atoms with E-state index in [0.717, 1.165) is 5.56 Å². The predicted octanol–water partition coefficient (Wildman–Crippen LogP) is 0.991. The Morgan fingerprint density at radius 2 is 2.31 bits per heavy atom. The minimum atomic E-state index is -2.72. The lowest BCUT2D eigenvalue weighted by molar-refractivity contribution is -0.0800. The van der Waals surface area contributed by atoms with Crippen molar-refractivity contribution in [1.29, 1.82) is 0 Å². The summed E-state index contributed by atoms with van der Waals surface area (Å²) in [6, 6.07) is 0. The van der Waals surface area contributed by atoms with Crippen molar-refractivity contribution in [3.63, 3.8) is 0 Å². The van der Waals surface area contributed by atoms with Gasteiger partial charge in [-0.15, -0.1) is 0 Å². The van der Waals surface area contributed by atoms with Crippen LogP contribution in [0.25, 0.3) is 0 Å². The normalized spacial score (nSPS) is 25.4. The van der Waals surface area contributed by atoms with Crippen molar-refractivity contribution in [3.05, 3.63) is 18.1 Å². The third-order valence-electron chi connectivity index (χ3n) is 2.85. The number of aromatic nitrogens is 2. The Morgan fingerprint density at radius 3 is 2.88 bits per heavy atom. The zero-order valence-electron chi connectivity index (χ0n) is 8.90. The van der Waals surface area contributed by atoms with Crippen LogP contribution in [0.3, 0.4) is 0 Å². The molecule has 0 aliphatic carbocycles. The second-order valence-electron chi connectivity index (χ2n) is 4.11. The van der Waals surface area contributed by atoms with Crippen molar-refractivity contribution in [2.75, 3.05) is 18.0 Å². The van der Waals surface area contributed by atoms with Crippen LogP contribution in [-0.4, -0.2) is 40.2 Å². The summed E-state index contributed by atoms with van der Waals surface area (Å²) in [5.74, 6) is 0.617. The van der Waals surface area contributed by atoms with Gasteiger partial charge in [-0.2, -0.15) is 0 Å². The average Bonchev–Trinajstić information content (AvgIpc) is 2.63. The molecular formula is C10H13F2N3O. The summed E-state index contributed by atoms with van der Waals surface area (Å²) in [5.41, 5.74) is -1.08. The molecule has 1 aliphatic heterocycles. The number of alkyl halides is 2. The first-order chi connectivity index (χ1) is 7.53. The van der Waals surface area contributed by atoms with E-state index in [1.54, 1.807) is 11.1 Å². The second-order valence-corrected chi connectivity index (χ2v) is 4.11. The summed E-state index contributed by atoms with van der Waals surface area (Å²) in [4.78, 5) is 9.55. The summed E-state index contributed by atoms with van der Waals surface area (Å²) in [6.45, 7) is 2.12. The Morgan fingerprint density at radius 1 is 1.56 bits per heavy atom. The number of β-amino-alcohol motifs (C(OH)–C–C–N with tert-alkyl or cyclic N) is 1. The number of nitrogens with zero attached hydrogens (tertiary/aromatic N) is 3. The van der Waals surface area contributed by atoms with Crippen molar-refractivity contribution in [2.24, 2.45) is 0 Å². The van der Waals surface area contributed by atoms with Crippen LogP contribution in [0, 0.1) is 6.92 Å². The van der Waals surface area contributed by atoms with Gasteiger partial charge in [0.15, 0.2) is 0 Å². The van der Waals surface area contributed by atoms with E-state index in [2.05, 4.69) is 9.97 Å². The predicted molar refractivity (Wildman–Crippen MR) is 54.6 cm³/mol. The number of rotatable bonds is 2. The first-order valence-corrected chi connectivity index (χ1v) is 5.05. The maximum absolute atomic E-state index is 12.6. The van der Waals surface area contributed by atoms with Gasteiger partial charge in [-0.25, -0.2) is 18.7 Å². The summed E-state index contributed by atoms with van der Waals surface area (Å²) < 4.78 is 25.2. The molecule has 6 heteroatoms. The monoisotopic (exact) mass is 229 g/mol. The fraction of sp³-hybridized carbons (Fsp3) is 0.600. The first-order valence-electron chi connectivity index (χ1n) is 5.05. The van der Waals surface area contributed by atoms with Gasteiger partial charge >= 0.3 is 0 Å². The minimum Gasteiger partial charge on any atom is -0.382 e. The summed E-state index contributed by atoms with van der Waals surface area (Å²) in [6.07, 6.45) is 0.345. The Hall–Kier alpha value is -1.30. The first kappa shape index (κ1) is 11.2. The maximum Gasteiger partial charge on any atom is 0.268 e. The van der Waals surface area contributed by atoms with Gasteiger partial charge in [0.05, 0.1) is 6.54 Å². The molecule has 16 heavy (non-hydrogen) atoms. The van der Waals surface area contributed by atoms with E-state index < -0.39 is 12.0 Å². The van der Waals surface area contributed by atoms with E-state index in [-0.39, 0.29) is 13.0 Å². The Labute approximate surface area is 91.9 Å². The van der Waals surface area contributed by atoms with Gasteiger partial charge in [-0.3, -0.25) is 0 Å². The topological polar surface area (TPSA) is 49.2 Å². The van der Waals surface area contributed by atoms with Gasteiger partial charge in [-0.05, 0) is 6.92 Å². The van der Waals surface area contributed by atoms with E-state index >= 15 is 0 Å². The molecule has 1 unspecified atom stereocenters. The molecule has 1 aromatic heterocycles. The summed E-state index contributed by atoms with van der Waals surface area (Å²) in [5, 5.41) is 9.66. The molecule has 2 heterocycles. The van der Waals surface area contributed by atoms with Gasteiger partial charge in [0.1, 0.15) is 17.7 Å². The molecule has 0 spiro atoms. The third kappa shape index (κ3) is 1.84. The third-order valence-corrected chi connectivity index (χ3v) is 2.85. The van der Waals surface area contributed by atoms with Crippen LogP contribution in [0.5, 0.6) is 0 Å². The average molecular weight is 229 g/mol. The lowest BCUT2D eigenvalue weighted by Crippen LogP contribution is -2.40. The molecule has 1 saturated heterocycles. The molecule has 4 nitrogen and oxygen atoms in total. The van der Waals surface area contributed by atoms with E-state index in [1.165, 1.54) is 6.33 Å². The molecule has 1 fully saturated rings. The second kappa shape index (κ2) is 3.93. The number of hydrogen-bond donors (Lipinski definition) is 1. The lowest BCUT2D eigenvalue weighted by atomic mass is 10.1. The molecule has 0 radical (unpaired) electrons. The standard InChI is InChI=1S/C10H13F2N3O/c1-7-4-13-6-14-8(7)15-3-2-10(16,5-15)9(11)12/h4,6,9,16H,2-3,5H2,1H3. The number of anilines is 1. The van der Waals surface area contributed by atoms with Crippen LogP contribution in [0.15, 0.2) is 12.5 Å². The fourth-order valence-electron chi connectivity index (χ4n) is 1.90. The number of halogens is 2. The zero-order chi connectivity index (χ0) is 11.8. The van der Waals surface area contributed by atoms with Gasteiger partial charge in [0.2, 0.25) is 0 Å². The van der Waals surface area contributed by atoms with Gasteiger partial charge in [0.25, 0.3) is 6.43 Å². The summed E-state index contributed by atoms with van der Waals surface area (Å²) >= 11 is 0. The molecule has 1 N–H and O–H groups in total. The molecule has 0 saturated carbocycles. The largest absolute Gasteiger partial charge is 0.382 e. The number of hydrogen-bond acceptors (Lipinski definition) is 4. The summed E-state index contributed by atoms with van der Waals surface area (Å²) in [7, 11) is 0. The van der Waals surface area contributed by atoms with Gasteiger partial charge < -0.3 is 10.0 Å². The molecule has 0 aromatic carbocycles. The quantitative estimate of drug-likeness (QED) is 0.821. The number of aryl methyl sites for hydroxylation is 1. The van der Waals surface area contributed by atoms with Crippen LogP contribution in [0.2, 0.25) is 0 Å². The fourth-order valence-corrected chi connectivity index (χ4v) is 1.90. The van der Waals surface area contributed by atoms with Crippen LogP contribution >= 0.6 is 0 Å². The molecule has 1 atom stereocenters. The van der Waals surface area contributed by atoms with Crippen LogP contribution in [0.4, 0.5) is 14.6 Å². The lowest BCUT2D eigenvalue weighted by Gasteiger charge is -2.23. The van der Waals surface area contributed by atoms with Gasteiger partial charge in [-0.1, -0.05) is 0 Å². The minimum absolute atomic E-state index is 0.0636. The zero-order valence-corrected chi connectivity index (χ0v) is 8.90. The molecule has 0 amide bonds. The van der Waals surface area contributed by atoms with Crippen molar-refractivity contribution in [3.8, 4) is 0 Å². The van der Waals surface area contributed by atoms with E-state index in [0.29, 0.717) is 12.4 Å². The van der Waals surface area contributed by atoms with Crippen molar-refractivity contribution < 1.29 is 13.9 Å². The molecule has 0 bridgehead atoms.